The second-order valence-electron chi connectivity index (χ2n) is 4.43. The number of halogens is 2. The van der Waals surface area contributed by atoms with Crippen molar-refractivity contribution in [3.8, 4) is 0 Å². The molecule has 20 heavy (non-hydrogen) atoms. The van der Waals surface area contributed by atoms with Gasteiger partial charge in [-0.2, -0.15) is 0 Å². The Morgan fingerprint density at radius 1 is 1.25 bits per heavy atom. The third-order valence-electron chi connectivity index (χ3n) is 2.88. The fraction of sp³-hybridized carbons (Fsp3) is 0.286. The van der Waals surface area contributed by atoms with E-state index in [1.54, 1.807) is 31.2 Å². The monoisotopic (exact) mass is 315 g/mol. The van der Waals surface area contributed by atoms with Gasteiger partial charge in [0.05, 0.1) is 16.0 Å². The number of aliphatic carboxylic acids is 1. The van der Waals surface area contributed by atoms with Crippen LogP contribution in [-0.4, -0.2) is 23.0 Å². The summed E-state index contributed by atoms with van der Waals surface area (Å²) in [6.45, 7) is 3.18. The first kappa shape index (κ1) is 16.5. The Morgan fingerprint density at radius 2 is 1.90 bits per heavy atom. The molecule has 2 atom stereocenters. The molecule has 1 amide bonds. The van der Waals surface area contributed by atoms with E-state index in [9.17, 15) is 9.59 Å². The molecule has 1 aromatic rings. The second-order valence-corrected chi connectivity index (χ2v) is 5.25. The van der Waals surface area contributed by atoms with E-state index >= 15 is 0 Å². The number of carbonyl (C=O) groups excluding carboxylic acids is 1. The third-order valence-corrected chi connectivity index (χ3v) is 3.62. The van der Waals surface area contributed by atoms with Crippen LogP contribution in [0.4, 0.5) is 0 Å². The highest BCUT2D eigenvalue weighted by molar-refractivity contribution is 6.42. The number of carboxylic acid groups (broad SMARTS) is 1. The van der Waals surface area contributed by atoms with E-state index in [1.165, 1.54) is 13.0 Å². The summed E-state index contributed by atoms with van der Waals surface area (Å²) in [5.74, 6) is -1.97. The molecule has 1 aromatic carbocycles. The first-order valence-corrected chi connectivity index (χ1v) is 6.73. The Balaban J connectivity index is 2.63. The zero-order chi connectivity index (χ0) is 15.3. The molecule has 4 nitrogen and oxygen atoms in total. The molecule has 2 unspecified atom stereocenters. The minimum Gasteiger partial charge on any atom is -0.481 e. The van der Waals surface area contributed by atoms with Crippen molar-refractivity contribution in [2.45, 2.75) is 19.9 Å². The van der Waals surface area contributed by atoms with Crippen molar-refractivity contribution in [2.24, 2.45) is 5.92 Å². The molecule has 0 bridgehead atoms. The van der Waals surface area contributed by atoms with Gasteiger partial charge in [-0.1, -0.05) is 29.3 Å². The van der Waals surface area contributed by atoms with Gasteiger partial charge in [0, 0.05) is 12.1 Å². The summed E-state index contributed by atoms with van der Waals surface area (Å²) in [4.78, 5) is 22.4. The van der Waals surface area contributed by atoms with E-state index in [4.69, 9.17) is 28.3 Å². The lowest BCUT2D eigenvalue weighted by molar-refractivity contribution is -0.142. The molecule has 0 aromatic heterocycles. The van der Waals surface area contributed by atoms with Crippen molar-refractivity contribution < 1.29 is 14.7 Å². The summed E-state index contributed by atoms with van der Waals surface area (Å²) in [6.07, 6.45) is 2.90. The number of rotatable bonds is 5. The summed E-state index contributed by atoms with van der Waals surface area (Å²) >= 11 is 11.6. The van der Waals surface area contributed by atoms with E-state index in [2.05, 4.69) is 5.32 Å². The molecule has 0 aliphatic rings. The highest BCUT2D eigenvalue weighted by Gasteiger charge is 2.19. The van der Waals surface area contributed by atoms with Crippen molar-refractivity contribution in [2.75, 3.05) is 0 Å². The van der Waals surface area contributed by atoms with Crippen LogP contribution < -0.4 is 5.32 Å². The van der Waals surface area contributed by atoms with E-state index < -0.39 is 17.9 Å². The molecule has 2 N–H and O–H groups in total. The second kappa shape index (κ2) is 7.31. The van der Waals surface area contributed by atoms with Crippen LogP contribution in [-0.2, 0) is 9.59 Å². The number of hydrogen-bond donors (Lipinski definition) is 2. The van der Waals surface area contributed by atoms with Crippen LogP contribution >= 0.6 is 23.2 Å². The van der Waals surface area contributed by atoms with Gasteiger partial charge < -0.3 is 10.4 Å². The van der Waals surface area contributed by atoms with Gasteiger partial charge in [-0.15, -0.1) is 0 Å². The molecule has 0 spiro atoms. The SMILES string of the molecule is CC(NC(=O)/C=C/c1ccc(Cl)c(Cl)c1)C(C)C(=O)O. The lowest BCUT2D eigenvalue weighted by atomic mass is 10.0. The van der Waals surface area contributed by atoms with E-state index in [1.807, 2.05) is 0 Å². The van der Waals surface area contributed by atoms with E-state index in [0.29, 0.717) is 10.0 Å². The molecule has 0 aliphatic carbocycles. The van der Waals surface area contributed by atoms with Gasteiger partial charge in [0.2, 0.25) is 5.91 Å². The average molecular weight is 316 g/mol. The number of amides is 1. The molecule has 0 saturated heterocycles. The molecule has 1 rings (SSSR count). The minimum absolute atomic E-state index is 0.364. The zero-order valence-electron chi connectivity index (χ0n) is 11.1. The van der Waals surface area contributed by atoms with Gasteiger partial charge in [-0.25, -0.2) is 0 Å². The quantitative estimate of drug-likeness (QED) is 0.820. The van der Waals surface area contributed by atoms with Crippen LogP contribution in [0, 0.1) is 5.92 Å². The highest BCUT2D eigenvalue weighted by Crippen LogP contribution is 2.23. The van der Waals surface area contributed by atoms with Gasteiger partial charge in [0.15, 0.2) is 0 Å². The normalized spacial score (nSPS) is 14.0. The van der Waals surface area contributed by atoms with Crippen LogP contribution in [0.5, 0.6) is 0 Å². The van der Waals surface area contributed by atoms with Crippen molar-refractivity contribution in [1.82, 2.24) is 5.32 Å². The van der Waals surface area contributed by atoms with Crippen LogP contribution in [0.2, 0.25) is 10.0 Å². The Hall–Kier alpha value is -1.52. The maximum Gasteiger partial charge on any atom is 0.308 e. The van der Waals surface area contributed by atoms with Crippen LogP contribution in [0.1, 0.15) is 19.4 Å². The van der Waals surface area contributed by atoms with Crippen molar-refractivity contribution >= 4 is 41.2 Å². The predicted molar refractivity (Wildman–Crippen MR) is 79.9 cm³/mol. The Bertz CT molecular complexity index is 543. The fourth-order valence-electron chi connectivity index (χ4n) is 1.40. The Morgan fingerprint density at radius 3 is 2.45 bits per heavy atom. The number of carbonyl (C=O) groups is 2. The lowest BCUT2D eigenvalue weighted by Crippen LogP contribution is -2.39. The molecule has 108 valence electrons. The standard InChI is InChI=1S/C14H15Cl2NO3/c1-8(14(19)20)9(2)17-13(18)6-4-10-3-5-11(15)12(16)7-10/h3-9H,1-2H3,(H,17,18)(H,19,20)/b6-4+. The van der Waals surface area contributed by atoms with Crippen molar-refractivity contribution in [1.29, 1.82) is 0 Å². The molecule has 0 heterocycles. The largest absolute Gasteiger partial charge is 0.481 e. The first-order chi connectivity index (χ1) is 9.31. The molecule has 0 aliphatic heterocycles. The fourth-order valence-corrected chi connectivity index (χ4v) is 1.71. The van der Waals surface area contributed by atoms with Crippen molar-refractivity contribution in [3.05, 3.63) is 39.9 Å². The molecular weight excluding hydrogens is 301 g/mol. The summed E-state index contributed by atoms with van der Waals surface area (Å²) in [6, 6.07) is 4.54. The first-order valence-electron chi connectivity index (χ1n) is 5.97. The molecule has 6 heteroatoms. The lowest BCUT2D eigenvalue weighted by Gasteiger charge is -2.16. The summed E-state index contributed by atoms with van der Waals surface area (Å²) in [7, 11) is 0. The number of carboxylic acids is 1. The highest BCUT2D eigenvalue weighted by atomic mass is 35.5. The molecule has 0 radical (unpaired) electrons. The van der Waals surface area contributed by atoms with Crippen LogP contribution in [0.15, 0.2) is 24.3 Å². The Kier molecular flexibility index (Phi) is 6.05. The van der Waals surface area contributed by atoms with Gasteiger partial charge >= 0.3 is 5.97 Å². The van der Waals surface area contributed by atoms with Gasteiger partial charge in [0.25, 0.3) is 0 Å². The third kappa shape index (κ3) is 4.87. The Labute approximate surface area is 127 Å². The summed E-state index contributed by atoms with van der Waals surface area (Å²) < 4.78 is 0. The zero-order valence-corrected chi connectivity index (χ0v) is 12.6. The van der Waals surface area contributed by atoms with Crippen molar-refractivity contribution in [3.63, 3.8) is 0 Å². The van der Waals surface area contributed by atoms with Gasteiger partial charge in [-0.3, -0.25) is 9.59 Å². The summed E-state index contributed by atoms with van der Waals surface area (Å²) in [5.41, 5.74) is 0.730. The van der Waals surface area contributed by atoms with Gasteiger partial charge in [-0.05, 0) is 37.6 Å². The molecule has 0 saturated carbocycles. The summed E-state index contributed by atoms with van der Waals surface area (Å²) in [5, 5.41) is 12.3. The van der Waals surface area contributed by atoms with E-state index in [0.717, 1.165) is 5.56 Å². The smallest absolute Gasteiger partial charge is 0.308 e. The maximum absolute atomic E-state index is 11.7. The average Bonchev–Trinajstić information content (AvgIpc) is 2.39. The van der Waals surface area contributed by atoms with Crippen LogP contribution in [0.3, 0.4) is 0 Å². The number of nitrogens with one attached hydrogen (secondary N) is 1. The molecule has 0 fully saturated rings. The predicted octanol–water partition coefficient (Wildman–Crippen LogP) is 3.23. The maximum atomic E-state index is 11.7. The van der Waals surface area contributed by atoms with Gasteiger partial charge in [0.1, 0.15) is 0 Å². The topological polar surface area (TPSA) is 66.4 Å². The van der Waals surface area contributed by atoms with Crippen LogP contribution in [0.25, 0.3) is 6.08 Å². The minimum atomic E-state index is -0.953. The number of hydrogen-bond acceptors (Lipinski definition) is 2. The van der Waals surface area contributed by atoms with E-state index in [-0.39, 0.29) is 5.91 Å². The number of benzene rings is 1. The molecular formula is C14H15Cl2NO3.